The number of thioether (sulfide) groups is 1. The molecule has 11 nitrogen and oxygen atoms in total. The molecule has 0 radical (unpaired) electrons. The number of ketones is 1. The van der Waals surface area contributed by atoms with Gasteiger partial charge in [0.15, 0.2) is 0 Å². The van der Waals surface area contributed by atoms with Gasteiger partial charge in [0.2, 0.25) is 11.0 Å². The van der Waals surface area contributed by atoms with Crippen LogP contribution in [0.25, 0.3) is 0 Å². The second kappa shape index (κ2) is 16.4. The Morgan fingerprint density at radius 1 is 0.791 bits per heavy atom. The molecule has 2 aromatic heterocycles. The number of carbonyl (C=O) groups excluding carboxylic acids is 2. The van der Waals surface area contributed by atoms with E-state index in [1.165, 1.54) is 36.9 Å². The van der Waals surface area contributed by atoms with Gasteiger partial charge in [-0.2, -0.15) is 11.8 Å². The normalized spacial score (nSPS) is 12.5. The molecule has 0 fully saturated rings. The van der Waals surface area contributed by atoms with Gasteiger partial charge in [0.05, 0.1) is 45.7 Å². The number of carbonyl (C=O) groups is 2. The molecule has 1 amide bonds. The van der Waals surface area contributed by atoms with Gasteiger partial charge in [0.1, 0.15) is 32.3 Å². The monoisotopic (exact) mass is 643 g/mol. The zero-order chi connectivity index (χ0) is 30.6. The molecule has 14 heteroatoms. The molecule has 0 saturated carbocycles. The number of ether oxygens (including phenoxy) is 2. The standard InChI is InChI=1S/C29H33N5O6S3/c1-39-23-9-5-3-7-18(23)20(16-35)22(37)15-27-33-31-25(42-27)11-13-41-14-12-26-32-34-29(43-26)30-28(38)21(17-36)19-8-4-6-10-24(19)40-2/h3-10,20-21,35-36H,11-17H2,1-2H3,(H,30,34,38). The van der Waals surface area contributed by atoms with Gasteiger partial charge in [-0.1, -0.05) is 47.7 Å². The number of para-hydroxylation sites is 2. The summed E-state index contributed by atoms with van der Waals surface area (Å²) >= 11 is 4.45. The van der Waals surface area contributed by atoms with Crippen LogP contribution in [0.5, 0.6) is 11.5 Å². The molecule has 0 spiro atoms. The minimum Gasteiger partial charge on any atom is -0.496 e. The van der Waals surface area contributed by atoms with E-state index in [9.17, 15) is 19.8 Å². The van der Waals surface area contributed by atoms with E-state index in [0.717, 1.165) is 27.9 Å². The quantitative estimate of drug-likeness (QED) is 0.145. The van der Waals surface area contributed by atoms with Gasteiger partial charge >= 0.3 is 0 Å². The predicted molar refractivity (Wildman–Crippen MR) is 168 cm³/mol. The summed E-state index contributed by atoms with van der Waals surface area (Å²) in [7, 11) is 3.06. The van der Waals surface area contributed by atoms with Crippen LogP contribution < -0.4 is 14.8 Å². The number of aromatic nitrogens is 4. The number of hydrogen-bond acceptors (Lipinski definition) is 13. The van der Waals surface area contributed by atoms with Crippen molar-refractivity contribution in [3.63, 3.8) is 0 Å². The Hall–Kier alpha value is -3.43. The Morgan fingerprint density at radius 2 is 1.33 bits per heavy atom. The van der Waals surface area contributed by atoms with E-state index in [0.29, 0.717) is 39.2 Å². The van der Waals surface area contributed by atoms with Gasteiger partial charge in [-0.3, -0.25) is 14.9 Å². The molecule has 0 bridgehead atoms. The number of aryl methyl sites for hydroxylation is 2. The van der Waals surface area contributed by atoms with Crippen molar-refractivity contribution in [2.75, 3.05) is 44.3 Å². The molecule has 0 aliphatic carbocycles. The molecule has 4 aromatic rings. The predicted octanol–water partition coefficient (Wildman–Crippen LogP) is 3.53. The number of aliphatic hydroxyl groups excluding tert-OH is 2. The van der Waals surface area contributed by atoms with Gasteiger partial charge in [-0.15, -0.1) is 31.7 Å². The number of aliphatic hydroxyl groups is 2. The van der Waals surface area contributed by atoms with Gasteiger partial charge in [-0.25, -0.2) is 0 Å². The summed E-state index contributed by atoms with van der Waals surface area (Å²) in [5.41, 5.74) is 1.26. The van der Waals surface area contributed by atoms with Crippen LogP contribution >= 0.6 is 34.4 Å². The van der Waals surface area contributed by atoms with Crippen molar-refractivity contribution in [2.24, 2.45) is 0 Å². The van der Waals surface area contributed by atoms with Crippen molar-refractivity contribution in [3.8, 4) is 11.5 Å². The molecule has 2 unspecified atom stereocenters. The van der Waals surface area contributed by atoms with E-state index < -0.39 is 11.8 Å². The highest BCUT2D eigenvalue weighted by molar-refractivity contribution is 7.99. The van der Waals surface area contributed by atoms with Crippen molar-refractivity contribution in [1.82, 2.24) is 20.4 Å². The number of rotatable bonds is 17. The molecule has 2 atom stereocenters. The fraction of sp³-hybridized carbons (Fsp3) is 0.379. The van der Waals surface area contributed by atoms with Crippen LogP contribution in [0.1, 0.15) is 38.0 Å². The van der Waals surface area contributed by atoms with Crippen molar-refractivity contribution in [3.05, 3.63) is 74.7 Å². The molecule has 228 valence electrons. The Kier molecular flexibility index (Phi) is 12.4. The number of amides is 1. The second-order valence-electron chi connectivity index (χ2n) is 9.29. The van der Waals surface area contributed by atoms with E-state index in [-0.39, 0.29) is 31.3 Å². The van der Waals surface area contributed by atoms with E-state index in [4.69, 9.17) is 9.47 Å². The fourth-order valence-electron chi connectivity index (χ4n) is 4.36. The first-order valence-electron chi connectivity index (χ1n) is 13.5. The first-order valence-corrected chi connectivity index (χ1v) is 16.3. The van der Waals surface area contributed by atoms with Crippen molar-refractivity contribution in [2.45, 2.75) is 31.1 Å². The molecular formula is C29H33N5O6S3. The van der Waals surface area contributed by atoms with Crippen molar-refractivity contribution in [1.29, 1.82) is 0 Å². The minimum absolute atomic E-state index is 0.0992. The van der Waals surface area contributed by atoms with Gasteiger partial charge in [-0.05, 0) is 23.6 Å². The molecule has 4 rings (SSSR count). The maximum Gasteiger partial charge on any atom is 0.236 e. The molecule has 43 heavy (non-hydrogen) atoms. The number of hydrogen-bond donors (Lipinski definition) is 3. The number of methoxy groups -OCH3 is 2. The molecular weight excluding hydrogens is 611 g/mol. The lowest BCUT2D eigenvalue weighted by Crippen LogP contribution is -2.24. The third kappa shape index (κ3) is 8.80. The Labute approximate surface area is 261 Å². The van der Waals surface area contributed by atoms with Crippen LogP contribution in [0.15, 0.2) is 48.5 Å². The minimum atomic E-state index is -0.790. The van der Waals surface area contributed by atoms with Gasteiger partial charge in [0, 0.05) is 24.0 Å². The number of nitrogens with one attached hydrogen (secondary N) is 1. The van der Waals surface area contributed by atoms with Crippen LogP contribution in [0.3, 0.4) is 0 Å². The third-order valence-corrected chi connectivity index (χ3v) is 9.42. The summed E-state index contributed by atoms with van der Waals surface area (Å²) in [6.45, 7) is -0.677. The maximum absolute atomic E-state index is 12.9. The SMILES string of the molecule is COc1ccccc1C(CO)C(=O)Cc1nnc(CCSCCc2nnc(NC(=O)C(CO)c3ccccc3OC)s2)s1. The first-order chi connectivity index (χ1) is 21.0. The van der Waals surface area contributed by atoms with Gasteiger partial charge < -0.3 is 19.7 Å². The average molecular weight is 644 g/mol. The highest BCUT2D eigenvalue weighted by Crippen LogP contribution is 2.29. The Balaban J connectivity index is 1.20. The smallest absolute Gasteiger partial charge is 0.236 e. The lowest BCUT2D eigenvalue weighted by Gasteiger charge is -2.16. The molecule has 0 saturated heterocycles. The number of benzene rings is 2. The lowest BCUT2D eigenvalue weighted by molar-refractivity contribution is -0.121. The van der Waals surface area contributed by atoms with Crippen LogP contribution in [-0.2, 0) is 28.9 Å². The highest BCUT2D eigenvalue weighted by atomic mass is 32.2. The molecule has 2 aromatic carbocycles. The summed E-state index contributed by atoms with van der Waals surface area (Å²) in [5, 5.41) is 41.8. The summed E-state index contributed by atoms with van der Waals surface area (Å²) in [6, 6.07) is 14.3. The second-order valence-corrected chi connectivity index (χ2v) is 12.7. The molecule has 3 N–H and O–H groups in total. The van der Waals surface area contributed by atoms with E-state index >= 15 is 0 Å². The summed E-state index contributed by atoms with van der Waals surface area (Å²) < 4.78 is 10.7. The lowest BCUT2D eigenvalue weighted by atomic mass is 9.93. The van der Waals surface area contributed by atoms with E-state index in [1.807, 2.05) is 12.1 Å². The average Bonchev–Trinajstić information content (AvgIpc) is 3.67. The van der Waals surface area contributed by atoms with Crippen LogP contribution in [0.2, 0.25) is 0 Å². The Morgan fingerprint density at radius 3 is 1.93 bits per heavy atom. The molecule has 2 heterocycles. The van der Waals surface area contributed by atoms with Crippen LogP contribution in [0, 0.1) is 0 Å². The first kappa shape index (κ1) is 32.5. The fourth-order valence-corrected chi connectivity index (χ4v) is 7.09. The largest absolute Gasteiger partial charge is 0.496 e. The van der Waals surface area contributed by atoms with Gasteiger partial charge in [0.25, 0.3) is 0 Å². The number of anilines is 1. The summed E-state index contributed by atoms with van der Waals surface area (Å²) in [5.74, 6) is 0.742. The zero-order valence-electron chi connectivity index (χ0n) is 23.8. The van der Waals surface area contributed by atoms with Crippen LogP contribution in [-0.4, -0.2) is 81.2 Å². The summed E-state index contributed by atoms with van der Waals surface area (Å²) in [4.78, 5) is 25.7. The topological polar surface area (TPSA) is 157 Å². The third-order valence-electron chi connectivity index (χ3n) is 6.55. The highest BCUT2D eigenvalue weighted by Gasteiger charge is 2.25. The van der Waals surface area contributed by atoms with Crippen molar-refractivity contribution < 1.29 is 29.3 Å². The number of Topliss-reactive ketones (excluding diaryl/α,β-unsaturated/α-hetero) is 1. The van der Waals surface area contributed by atoms with E-state index in [1.54, 1.807) is 48.2 Å². The van der Waals surface area contributed by atoms with Crippen molar-refractivity contribution >= 4 is 51.3 Å². The maximum atomic E-state index is 12.9. The summed E-state index contributed by atoms with van der Waals surface area (Å²) in [6.07, 6.45) is 1.51. The van der Waals surface area contributed by atoms with Crippen LogP contribution in [0.4, 0.5) is 5.13 Å². The Bertz CT molecular complexity index is 1390. The van der Waals surface area contributed by atoms with E-state index in [2.05, 4.69) is 25.7 Å². The zero-order valence-corrected chi connectivity index (χ0v) is 26.2. The molecule has 0 aliphatic heterocycles. The number of nitrogens with zero attached hydrogens (tertiary/aromatic N) is 4. The molecule has 0 aliphatic rings.